The second-order valence-corrected chi connectivity index (χ2v) is 4.04. The van der Waals surface area contributed by atoms with Gasteiger partial charge in [-0.2, -0.15) is 0 Å². The summed E-state index contributed by atoms with van der Waals surface area (Å²) in [6, 6.07) is 0. The average Bonchev–Trinajstić information content (AvgIpc) is 2.66. The summed E-state index contributed by atoms with van der Waals surface area (Å²) >= 11 is 0. The summed E-state index contributed by atoms with van der Waals surface area (Å²) in [5.41, 5.74) is 0. The molecule has 0 bridgehead atoms. The Morgan fingerprint density at radius 1 is 1.38 bits per heavy atom. The molecule has 0 aromatic carbocycles. The molecular weight excluding hydrogens is 164 g/mol. The first-order chi connectivity index (χ1) is 6.27. The Labute approximate surface area is 81.3 Å². The summed E-state index contributed by atoms with van der Waals surface area (Å²) in [6.07, 6.45) is 5.30. The van der Waals surface area contributed by atoms with Gasteiger partial charge in [0.25, 0.3) is 0 Å². The van der Waals surface area contributed by atoms with Crippen molar-refractivity contribution in [2.45, 2.75) is 58.2 Å². The van der Waals surface area contributed by atoms with E-state index in [0.717, 1.165) is 25.9 Å². The van der Waals surface area contributed by atoms with E-state index in [-0.39, 0.29) is 12.2 Å². The first-order valence-electron chi connectivity index (χ1n) is 5.57. The van der Waals surface area contributed by atoms with Gasteiger partial charge in [0.15, 0.2) is 0 Å². The predicted molar refractivity (Wildman–Crippen MR) is 53.7 cm³/mol. The van der Waals surface area contributed by atoms with Gasteiger partial charge in [-0.25, -0.2) is 0 Å². The van der Waals surface area contributed by atoms with Gasteiger partial charge >= 0.3 is 0 Å². The summed E-state index contributed by atoms with van der Waals surface area (Å²) in [6.45, 7) is 5.22. The van der Waals surface area contributed by atoms with Crippen molar-refractivity contribution in [2.75, 3.05) is 6.61 Å². The molecule has 1 aliphatic heterocycles. The standard InChI is InChI=1S/C11H22O2/c1-3-9(4-2)8-10(12)11-6-5-7-13-11/h9-12H,3-8H2,1-2H3. The van der Waals surface area contributed by atoms with Crippen LogP contribution in [0.4, 0.5) is 0 Å². The highest BCUT2D eigenvalue weighted by atomic mass is 16.5. The Balaban J connectivity index is 2.25. The first-order valence-corrected chi connectivity index (χ1v) is 5.57. The van der Waals surface area contributed by atoms with Gasteiger partial charge in [-0.3, -0.25) is 0 Å². The predicted octanol–water partition coefficient (Wildman–Crippen LogP) is 2.35. The summed E-state index contributed by atoms with van der Waals surface area (Å²) in [7, 11) is 0. The zero-order chi connectivity index (χ0) is 9.68. The van der Waals surface area contributed by atoms with Gasteiger partial charge in [-0.05, 0) is 25.2 Å². The highest BCUT2D eigenvalue weighted by Crippen LogP contribution is 2.23. The van der Waals surface area contributed by atoms with Crippen LogP contribution >= 0.6 is 0 Å². The minimum absolute atomic E-state index is 0.126. The number of aliphatic hydroxyl groups is 1. The molecule has 2 unspecified atom stereocenters. The average molecular weight is 186 g/mol. The zero-order valence-electron chi connectivity index (χ0n) is 8.83. The number of hydrogen-bond donors (Lipinski definition) is 1. The zero-order valence-corrected chi connectivity index (χ0v) is 8.83. The number of ether oxygens (including phenoxy) is 1. The normalized spacial score (nSPS) is 25.4. The molecule has 0 spiro atoms. The monoisotopic (exact) mass is 186 g/mol. The number of aliphatic hydroxyl groups excluding tert-OH is 1. The van der Waals surface area contributed by atoms with E-state index >= 15 is 0 Å². The quantitative estimate of drug-likeness (QED) is 0.714. The van der Waals surface area contributed by atoms with Crippen molar-refractivity contribution in [3.63, 3.8) is 0 Å². The van der Waals surface area contributed by atoms with E-state index in [1.807, 2.05) is 0 Å². The Morgan fingerprint density at radius 3 is 2.54 bits per heavy atom. The lowest BCUT2D eigenvalue weighted by molar-refractivity contribution is -0.0136. The summed E-state index contributed by atoms with van der Waals surface area (Å²) in [4.78, 5) is 0. The molecule has 1 heterocycles. The molecule has 0 aromatic heterocycles. The number of hydrogen-bond acceptors (Lipinski definition) is 2. The second-order valence-electron chi connectivity index (χ2n) is 4.04. The fourth-order valence-corrected chi connectivity index (χ4v) is 2.02. The van der Waals surface area contributed by atoms with Gasteiger partial charge in [0.2, 0.25) is 0 Å². The molecule has 2 nitrogen and oxygen atoms in total. The maximum absolute atomic E-state index is 9.86. The van der Waals surface area contributed by atoms with Gasteiger partial charge in [0.05, 0.1) is 12.2 Å². The Kier molecular flexibility index (Phi) is 4.74. The maximum atomic E-state index is 9.86. The van der Waals surface area contributed by atoms with Gasteiger partial charge in [-0.1, -0.05) is 26.7 Å². The molecule has 2 atom stereocenters. The molecule has 1 N–H and O–H groups in total. The van der Waals surface area contributed by atoms with Crippen molar-refractivity contribution in [2.24, 2.45) is 5.92 Å². The Hall–Kier alpha value is -0.0800. The highest BCUT2D eigenvalue weighted by Gasteiger charge is 2.25. The summed E-state index contributed by atoms with van der Waals surface area (Å²) in [5.74, 6) is 0.666. The van der Waals surface area contributed by atoms with Crippen LogP contribution in [0.15, 0.2) is 0 Å². The van der Waals surface area contributed by atoms with Crippen LogP contribution in [0, 0.1) is 5.92 Å². The fraction of sp³-hybridized carbons (Fsp3) is 1.00. The van der Waals surface area contributed by atoms with Crippen LogP contribution in [0.3, 0.4) is 0 Å². The minimum atomic E-state index is -0.229. The Morgan fingerprint density at radius 2 is 2.08 bits per heavy atom. The molecule has 78 valence electrons. The molecule has 0 amide bonds. The van der Waals surface area contributed by atoms with E-state index in [9.17, 15) is 5.11 Å². The van der Waals surface area contributed by atoms with Crippen LogP contribution in [0.25, 0.3) is 0 Å². The fourth-order valence-electron chi connectivity index (χ4n) is 2.02. The van der Waals surface area contributed by atoms with E-state index < -0.39 is 0 Å². The molecule has 0 aromatic rings. The first kappa shape index (κ1) is 11.0. The lowest BCUT2D eigenvalue weighted by Gasteiger charge is -2.21. The largest absolute Gasteiger partial charge is 0.390 e. The summed E-state index contributed by atoms with van der Waals surface area (Å²) in [5, 5.41) is 9.86. The van der Waals surface area contributed by atoms with Crippen molar-refractivity contribution in [3.05, 3.63) is 0 Å². The maximum Gasteiger partial charge on any atom is 0.0834 e. The van der Waals surface area contributed by atoms with E-state index in [0.29, 0.717) is 5.92 Å². The van der Waals surface area contributed by atoms with Crippen molar-refractivity contribution in [1.29, 1.82) is 0 Å². The topological polar surface area (TPSA) is 29.5 Å². The molecular formula is C11H22O2. The third kappa shape index (κ3) is 3.28. The molecule has 0 saturated carbocycles. The molecule has 0 radical (unpaired) electrons. The van der Waals surface area contributed by atoms with Crippen LogP contribution in [0.1, 0.15) is 46.0 Å². The third-order valence-electron chi connectivity index (χ3n) is 3.12. The molecule has 1 fully saturated rings. The van der Waals surface area contributed by atoms with Crippen molar-refractivity contribution >= 4 is 0 Å². The minimum Gasteiger partial charge on any atom is -0.390 e. The van der Waals surface area contributed by atoms with Gasteiger partial charge < -0.3 is 9.84 Å². The molecule has 2 heteroatoms. The lowest BCUT2D eigenvalue weighted by Crippen LogP contribution is -2.27. The highest BCUT2D eigenvalue weighted by molar-refractivity contribution is 4.75. The lowest BCUT2D eigenvalue weighted by atomic mass is 9.93. The third-order valence-corrected chi connectivity index (χ3v) is 3.12. The molecule has 1 aliphatic rings. The van der Waals surface area contributed by atoms with Gasteiger partial charge in [0, 0.05) is 6.61 Å². The van der Waals surface area contributed by atoms with Crippen molar-refractivity contribution in [1.82, 2.24) is 0 Å². The van der Waals surface area contributed by atoms with Crippen LogP contribution < -0.4 is 0 Å². The van der Waals surface area contributed by atoms with E-state index in [1.54, 1.807) is 0 Å². The van der Waals surface area contributed by atoms with E-state index in [2.05, 4.69) is 13.8 Å². The van der Waals surface area contributed by atoms with Gasteiger partial charge in [0.1, 0.15) is 0 Å². The number of rotatable bonds is 5. The Bertz CT molecular complexity index is 126. The van der Waals surface area contributed by atoms with E-state index in [1.165, 1.54) is 12.8 Å². The van der Waals surface area contributed by atoms with Crippen LogP contribution in [-0.2, 0) is 4.74 Å². The second kappa shape index (κ2) is 5.61. The molecule has 13 heavy (non-hydrogen) atoms. The van der Waals surface area contributed by atoms with Crippen LogP contribution in [0.2, 0.25) is 0 Å². The molecule has 0 aliphatic carbocycles. The van der Waals surface area contributed by atoms with Crippen molar-refractivity contribution in [3.8, 4) is 0 Å². The van der Waals surface area contributed by atoms with Crippen LogP contribution in [-0.4, -0.2) is 23.9 Å². The van der Waals surface area contributed by atoms with E-state index in [4.69, 9.17) is 4.74 Å². The summed E-state index contributed by atoms with van der Waals surface area (Å²) < 4.78 is 5.45. The molecule has 1 rings (SSSR count). The SMILES string of the molecule is CCC(CC)CC(O)C1CCCO1. The smallest absolute Gasteiger partial charge is 0.0834 e. The van der Waals surface area contributed by atoms with Crippen molar-refractivity contribution < 1.29 is 9.84 Å². The van der Waals surface area contributed by atoms with Gasteiger partial charge in [-0.15, -0.1) is 0 Å². The van der Waals surface area contributed by atoms with Crippen LogP contribution in [0.5, 0.6) is 0 Å². The molecule has 1 saturated heterocycles.